The number of hydrogen-bond acceptors (Lipinski definition) is 3. The molecule has 1 atom stereocenters. The van der Waals surface area contributed by atoms with E-state index in [0.717, 1.165) is 31.4 Å². The molecule has 0 spiro atoms. The summed E-state index contributed by atoms with van der Waals surface area (Å²) in [6, 6.07) is 9.43. The van der Waals surface area contributed by atoms with Gasteiger partial charge in [0.15, 0.2) is 0 Å². The van der Waals surface area contributed by atoms with Crippen LogP contribution < -0.4 is 11.1 Å². The number of hydrogen-bond donors (Lipinski definition) is 2. The van der Waals surface area contributed by atoms with Crippen LogP contribution in [0.25, 0.3) is 0 Å². The molecular formula is C15H24N2O2. The lowest BCUT2D eigenvalue weighted by Gasteiger charge is -2.24. The zero-order valence-corrected chi connectivity index (χ0v) is 11.8. The second-order valence-corrected chi connectivity index (χ2v) is 4.88. The first-order chi connectivity index (χ1) is 9.09. The second kappa shape index (κ2) is 7.92. The van der Waals surface area contributed by atoms with E-state index in [2.05, 4.69) is 5.32 Å². The van der Waals surface area contributed by atoms with Gasteiger partial charge in [-0.1, -0.05) is 30.3 Å². The molecule has 0 heterocycles. The van der Waals surface area contributed by atoms with Crippen LogP contribution >= 0.6 is 0 Å². The summed E-state index contributed by atoms with van der Waals surface area (Å²) in [5, 5.41) is 2.89. The Morgan fingerprint density at radius 3 is 2.58 bits per heavy atom. The minimum Gasteiger partial charge on any atom is -0.385 e. The van der Waals surface area contributed by atoms with Crippen LogP contribution in [0.4, 0.5) is 0 Å². The Labute approximate surface area is 115 Å². The van der Waals surface area contributed by atoms with Crippen LogP contribution in [-0.4, -0.2) is 26.2 Å². The van der Waals surface area contributed by atoms with Gasteiger partial charge < -0.3 is 15.8 Å². The summed E-state index contributed by atoms with van der Waals surface area (Å²) in [7, 11) is 1.70. The molecule has 0 saturated heterocycles. The van der Waals surface area contributed by atoms with Crippen molar-refractivity contribution < 1.29 is 9.53 Å². The highest BCUT2D eigenvalue weighted by Gasteiger charge is 2.29. The van der Waals surface area contributed by atoms with E-state index in [1.807, 2.05) is 30.3 Å². The number of ether oxygens (including phenoxy) is 1. The Morgan fingerprint density at radius 1 is 1.26 bits per heavy atom. The van der Waals surface area contributed by atoms with Crippen LogP contribution in [0.3, 0.4) is 0 Å². The van der Waals surface area contributed by atoms with Crippen molar-refractivity contribution in [3.8, 4) is 0 Å². The summed E-state index contributed by atoms with van der Waals surface area (Å²) in [5.41, 5.74) is 5.96. The topological polar surface area (TPSA) is 64.3 Å². The molecule has 0 aliphatic rings. The summed E-state index contributed by atoms with van der Waals surface area (Å²) < 4.78 is 4.97. The van der Waals surface area contributed by atoms with Gasteiger partial charge in [0.25, 0.3) is 0 Å². The van der Waals surface area contributed by atoms with Gasteiger partial charge in [-0.05, 0) is 31.7 Å². The summed E-state index contributed by atoms with van der Waals surface area (Å²) in [6.07, 6.45) is 3.01. The fourth-order valence-corrected chi connectivity index (χ4v) is 1.85. The van der Waals surface area contributed by atoms with Gasteiger partial charge >= 0.3 is 0 Å². The number of benzene rings is 1. The third-order valence-electron chi connectivity index (χ3n) is 3.16. The minimum absolute atomic E-state index is 0.134. The number of unbranched alkanes of at least 4 members (excludes halogenated alkanes) is 2. The first-order valence-electron chi connectivity index (χ1n) is 6.70. The zero-order chi connectivity index (χ0) is 14.1. The van der Waals surface area contributed by atoms with Gasteiger partial charge in [-0.2, -0.15) is 0 Å². The van der Waals surface area contributed by atoms with Crippen molar-refractivity contribution in [2.75, 3.05) is 20.3 Å². The number of amides is 1. The van der Waals surface area contributed by atoms with E-state index in [4.69, 9.17) is 10.5 Å². The maximum atomic E-state index is 12.1. The van der Waals surface area contributed by atoms with Crippen LogP contribution in [0.15, 0.2) is 30.3 Å². The summed E-state index contributed by atoms with van der Waals surface area (Å²) in [6.45, 7) is 3.16. The predicted octanol–water partition coefficient (Wildman–Crippen LogP) is 1.79. The lowest BCUT2D eigenvalue weighted by molar-refractivity contribution is -0.126. The molecule has 0 aliphatic carbocycles. The standard InChI is InChI=1S/C15H24N2O2/c1-15(16,13-9-5-3-6-10-13)14(18)17-11-7-4-8-12-19-2/h3,5-6,9-10H,4,7-8,11-12,16H2,1-2H3,(H,17,18). The van der Waals surface area contributed by atoms with Crippen LogP contribution in [0.5, 0.6) is 0 Å². The SMILES string of the molecule is COCCCCCNC(=O)C(C)(N)c1ccccc1. The first kappa shape index (κ1) is 15.7. The normalized spacial score (nSPS) is 13.8. The number of carbonyl (C=O) groups is 1. The van der Waals surface area contributed by atoms with Gasteiger partial charge in [-0.15, -0.1) is 0 Å². The minimum atomic E-state index is -0.978. The maximum absolute atomic E-state index is 12.1. The number of methoxy groups -OCH3 is 1. The Hall–Kier alpha value is -1.39. The molecule has 1 aromatic rings. The first-order valence-corrected chi connectivity index (χ1v) is 6.70. The van der Waals surface area contributed by atoms with Crippen molar-refractivity contribution >= 4 is 5.91 Å². The van der Waals surface area contributed by atoms with Crippen LogP contribution in [0.2, 0.25) is 0 Å². The molecule has 0 aliphatic heterocycles. The van der Waals surface area contributed by atoms with Crippen LogP contribution in [0, 0.1) is 0 Å². The average Bonchev–Trinajstić information content (AvgIpc) is 2.43. The number of carbonyl (C=O) groups excluding carboxylic acids is 1. The van der Waals surface area contributed by atoms with Crippen molar-refractivity contribution in [3.63, 3.8) is 0 Å². The van der Waals surface area contributed by atoms with Crippen molar-refractivity contribution in [3.05, 3.63) is 35.9 Å². The Morgan fingerprint density at radius 2 is 1.95 bits per heavy atom. The number of nitrogens with one attached hydrogen (secondary N) is 1. The van der Waals surface area contributed by atoms with E-state index in [-0.39, 0.29) is 5.91 Å². The third-order valence-corrected chi connectivity index (χ3v) is 3.16. The molecule has 106 valence electrons. The molecule has 3 N–H and O–H groups in total. The van der Waals surface area contributed by atoms with Gasteiger partial charge in [0, 0.05) is 20.3 Å². The largest absolute Gasteiger partial charge is 0.385 e. The van der Waals surface area contributed by atoms with Gasteiger partial charge in [-0.3, -0.25) is 4.79 Å². The fourth-order valence-electron chi connectivity index (χ4n) is 1.85. The van der Waals surface area contributed by atoms with E-state index in [9.17, 15) is 4.79 Å². The molecular weight excluding hydrogens is 240 g/mol. The summed E-state index contributed by atoms with van der Waals surface area (Å²) in [5.74, 6) is -0.134. The molecule has 0 saturated carbocycles. The molecule has 4 nitrogen and oxygen atoms in total. The zero-order valence-electron chi connectivity index (χ0n) is 11.8. The molecule has 0 radical (unpaired) electrons. The van der Waals surface area contributed by atoms with Gasteiger partial charge in [-0.25, -0.2) is 0 Å². The van der Waals surface area contributed by atoms with Crippen molar-refractivity contribution in [1.29, 1.82) is 0 Å². The van der Waals surface area contributed by atoms with Gasteiger partial charge in [0.1, 0.15) is 5.54 Å². The van der Waals surface area contributed by atoms with E-state index < -0.39 is 5.54 Å². The Kier molecular flexibility index (Phi) is 6.53. The molecule has 1 unspecified atom stereocenters. The molecule has 0 bridgehead atoms. The predicted molar refractivity (Wildman–Crippen MR) is 76.7 cm³/mol. The lowest BCUT2D eigenvalue weighted by Crippen LogP contribution is -2.49. The third kappa shape index (κ3) is 5.01. The van der Waals surface area contributed by atoms with Crippen molar-refractivity contribution in [1.82, 2.24) is 5.32 Å². The van der Waals surface area contributed by atoms with E-state index in [0.29, 0.717) is 6.54 Å². The highest BCUT2D eigenvalue weighted by atomic mass is 16.5. The summed E-state index contributed by atoms with van der Waals surface area (Å²) >= 11 is 0. The highest BCUT2D eigenvalue weighted by Crippen LogP contribution is 2.17. The average molecular weight is 264 g/mol. The Balaban J connectivity index is 2.36. The van der Waals surface area contributed by atoms with Crippen molar-refractivity contribution in [2.24, 2.45) is 5.73 Å². The van der Waals surface area contributed by atoms with E-state index in [1.54, 1.807) is 14.0 Å². The number of nitrogens with two attached hydrogens (primary N) is 1. The molecule has 1 rings (SSSR count). The quantitative estimate of drug-likeness (QED) is 0.704. The van der Waals surface area contributed by atoms with Crippen LogP contribution in [0.1, 0.15) is 31.7 Å². The summed E-state index contributed by atoms with van der Waals surface area (Å²) in [4.78, 5) is 12.1. The fraction of sp³-hybridized carbons (Fsp3) is 0.533. The molecule has 0 aromatic heterocycles. The smallest absolute Gasteiger partial charge is 0.244 e. The number of rotatable bonds is 8. The lowest BCUT2D eigenvalue weighted by atomic mass is 9.92. The van der Waals surface area contributed by atoms with Crippen LogP contribution in [-0.2, 0) is 15.1 Å². The molecule has 0 fully saturated rings. The van der Waals surface area contributed by atoms with Crippen molar-refractivity contribution in [2.45, 2.75) is 31.7 Å². The molecule has 1 aromatic carbocycles. The maximum Gasteiger partial charge on any atom is 0.244 e. The monoisotopic (exact) mass is 264 g/mol. The van der Waals surface area contributed by atoms with Gasteiger partial charge in [0.05, 0.1) is 0 Å². The van der Waals surface area contributed by atoms with Gasteiger partial charge in [0.2, 0.25) is 5.91 Å². The molecule has 4 heteroatoms. The van der Waals surface area contributed by atoms with E-state index >= 15 is 0 Å². The molecule has 19 heavy (non-hydrogen) atoms. The molecule has 1 amide bonds. The highest BCUT2D eigenvalue weighted by molar-refractivity contribution is 5.86. The second-order valence-electron chi connectivity index (χ2n) is 4.88. The Bertz CT molecular complexity index is 377. The van der Waals surface area contributed by atoms with E-state index in [1.165, 1.54) is 0 Å².